The monoisotopic (exact) mass is 321 g/mol. The molecule has 3 N–H and O–H groups in total. The van der Waals surface area contributed by atoms with Gasteiger partial charge in [0.1, 0.15) is 18.1 Å². The summed E-state index contributed by atoms with van der Waals surface area (Å²) in [7, 11) is 0. The van der Waals surface area contributed by atoms with Crippen LogP contribution in [0.1, 0.15) is 11.3 Å². The van der Waals surface area contributed by atoms with Gasteiger partial charge in [0.2, 0.25) is 0 Å². The molecule has 0 radical (unpaired) electrons. The van der Waals surface area contributed by atoms with E-state index < -0.39 is 0 Å². The highest BCUT2D eigenvalue weighted by atomic mass is 79.9. The van der Waals surface area contributed by atoms with Crippen molar-refractivity contribution in [3.8, 4) is 5.75 Å². The molecular weight excluding hydrogens is 310 g/mol. The van der Waals surface area contributed by atoms with Gasteiger partial charge in [-0.3, -0.25) is 4.98 Å². The molecule has 6 heteroatoms. The first-order valence-corrected chi connectivity index (χ1v) is 6.29. The predicted octanol–water partition coefficient (Wildman–Crippen LogP) is 2.52. The van der Waals surface area contributed by atoms with E-state index in [1.807, 2.05) is 30.3 Å². The molecule has 1 aromatic carbocycles. The highest BCUT2D eigenvalue weighted by Gasteiger charge is 2.03. The normalized spacial score (nSPS) is 11.3. The molecule has 0 atom stereocenters. The van der Waals surface area contributed by atoms with Gasteiger partial charge in [-0.2, -0.15) is 0 Å². The molecule has 1 heterocycles. The van der Waals surface area contributed by atoms with Gasteiger partial charge in [-0.15, -0.1) is 0 Å². The van der Waals surface area contributed by atoms with Crippen LogP contribution >= 0.6 is 15.9 Å². The van der Waals surface area contributed by atoms with Gasteiger partial charge in [-0.05, 0) is 35.9 Å². The summed E-state index contributed by atoms with van der Waals surface area (Å²) in [5, 5.41) is 11.5. The second-order valence-electron chi connectivity index (χ2n) is 3.78. The molecule has 0 saturated heterocycles. The fourth-order valence-electron chi connectivity index (χ4n) is 1.48. The Balaban J connectivity index is 2.08. The van der Waals surface area contributed by atoms with Crippen molar-refractivity contribution in [1.29, 1.82) is 0 Å². The van der Waals surface area contributed by atoms with Crippen LogP contribution in [0, 0.1) is 0 Å². The first-order chi connectivity index (χ1) is 9.19. The summed E-state index contributed by atoms with van der Waals surface area (Å²) in [5.41, 5.74) is 6.78. The number of hydrogen-bond acceptors (Lipinski definition) is 4. The van der Waals surface area contributed by atoms with E-state index in [0.29, 0.717) is 12.3 Å². The zero-order valence-corrected chi connectivity index (χ0v) is 11.5. The minimum atomic E-state index is -0.0238. The van der Waals surface area contributed by atoms with E-state index in [4.69, 9.17) is 15.7 Å². The summed E-state index contributed by atoms with van der Waals surface area (Å²) in [6.07, 6.45) is 1.59. The molecule has 0 amide bonds. The maximum Gasteiger partial charge on any atom is 0.188 e. The van der Waals surface area contributed by atoms with Gasteiger partial charge in [0.15, 0.2) is 5.84 Å². The predicted molar refractivity (Wildman–Crippen MR) is 75.2 cm³/mol. The Morgan fingerprint density at radius 3 is 2.95 bits per heavy atom. The first kappa shape index (κ1) is 13.4. The number of nitrogens with zero attached hydrogens (tertiary/aromatic N) is 2. The van der Waals surface area contributed by atoms with Crippen LogP contribution in [-0.4, -0.2) is 16.0 Å². The third-order valence-electron chi connectivity index (χ3n) is 2.40. The molecule has 0 spiro atoms. The van der Waals surface area contributed by atoms with Crippen molar-refractivity contribution < 1.29 is 9.94 Å². The second-order valence-corrected chi connectivity index (χ2v) is 4.70. The zero-order chi connectivity index (χ0) is 13.7. The van der Waals surface area contributed by atoms with Crippen molar-refractivity contribution in [2.75, 3.05) is 0 Å². The number of rotatable bonds is 4. The average Bonchev–Trinajstić information content (AvgIpc) is 2.45. The molecule has 1 aromatic heterocycles. The first-order valence-electron chi connectivity index (χ1n) is 5.50. The van der Waals surface area contributed by atoms with Crippen LogP contribution in [0.2, 0.25) is 0 Å². The topological polar surface area (TPSA) is 80.7 Å². The van der Waals surface area contributed by atoms with Crippen LogP contribution in [0.25, 0.3) is 0 Å². The van der Waals surface area contributed by atoms with Crippen molar-refractivity contribution in [1.82, 2.24) is 4.98 Å². The Morgan fingerprint density at radius 1 is 1.37 bits per heavy atom. The lowest BCUT2D eigenvalue weighted by atomic mass is 10.2. The molecule has 0 bridgehead atoms. The van der Waals surface area contributed by atoms with Crippen molar-refractivity contribution in [3.63, 3.8) is 0 Å². The number of halogens is 1. The fourth-order valence-corrected chi connectivity index (χ4v) is 1.86. The Labute approximate surface area is 118 Å². The van der Waals surface area contributed by atoms with Gasteiger partial charge in [-0.1, -0.05) is 27.2 Å². The number of ether oxygens (including phenoxy) is 1. The third kappa shape index (κ3) is 3.69. The van der Waals surface area contributed by atoms with Crippen molar-refractivity contribution in [2.45, 2.75) is 6.61 Å². The van der Waals surface area contributed by atoms with Crippen LogP contribution in [0.4, 0.5) is 0 Å². The molecule has 0 aliphatic heterocycles. The summed E-state index contributed by atoms with van der Waals surface area (Å²) in [6, 6.07) is 11.1. The lowest BCUT2D eigenvalue weighted by Gasteiger charge is -2.07. The number of pyridine rings is 1. The maximum absolute atomic E-state index is 8.60. The summed E-state index contributed by atoms with van der Waals surface area (Å²) in [4.78, 5) is 4.00. The van der Waals surface area contributed by atoms with Gasteiger partial charge in [0.05, 0.1) is 0 Å². The van der Waals surface area contributed by atoms with Crippen molar-refractivity contribution in [2.24, 2.45) is 10.9 Å². The molecule has 2 rings (SSSR count). The molecule has 0 aliphatic rings. The fraction of sp³-hybridized carbons (Fsp3) is 0.0769. The molecule has 98 valence electrons. The van der Waals surface area contributed by atoms with Crippen molar-refractivity contribution in [3.05, 3.63) is 58.3 Å². The molecular formula is C13H12BrN3O2. The third-order valence-corrected chi connectivity index (χ3v) is 2.89. The van der Waals surface area contributed by atoms with Gasteiger partial charge in [-0.25, -0.2) is 0 Å². The molecule has 0 aliphatic carbocycles. The molecule has 2 aromatic rings. The van der Waals surface area contributed by atoms with Crippen LogP contribution in [0.3, 0.4) is 0 Å². The lowest BCUT2D eigenvalue weighted by molar-refractivity contribution is 0.305. The van der Waals surface area contributed by atoms with Gasteiger partial charge in [0, 0.05) is 10.7 Å². The van der Waals surface area contributed by atoms with Crippen LogP contribution < -0.4 is 10.5 Å². The minimum Gasteiger partial charge on any atom is -0.489 e. The smallest absolute Gasteiger partial charge is 0.188 e. The molecule has 5 nitrogen and oxygen atoms in total. The van der Waals surface area contributed by atoms with Crippen LogP contribution in [0.5, 0.6) is 5.75 Å². The second kappa shape index (κ2) is 6.19. The van der Waals surface area contributed by atoms with Gasteiger partial charge in [0.25, 0.3) is 0 Å². The van der Waals surface area contributed by atoms with Gasteiger partial charge < -0.3 is 15.7 Å². The van der Waals surface area contributed by atoms with Crippen LogP contribution in [-0.2, 0) is 6.61 Å². The summed E-state index contributed by atoms with van der Waals surface area (Å²) >= 11 is 3.38. The Bertz CT molecular complexity index is 602. The van der Waals surface area contributed by atoms with E-state index in [2.05, 4.69) is 26.1 Å². The maximum atomic E-state index is 8.60. The number of oxime groups is 1. The van der Waals surface area contributed by atoms with E-state index in [9.17, 15) is 0 Å². The van der Waals surface area contributed by atoms with Gasteiger partial charge >= 0.3 is 0 Å². The highest BCUT2D eigenvalue weighted by molar-refractivity contribution is 9.10. The van der Waals surface area contributed by atoms with E-state index >= 15 is 0 Å². The summed E-state index contributed by atoms with van der Waals surface area (Å²) in [5.74, 6) is 0.737. The largest absolute Gasteiger partial charge is 0.489 e. The highest BCUT2D eigenvalue weighted by Crippen LogP contribution is 2.18. The molecule has 0 fully saturated rings. The number of hydrogen-bond donors (Lipinski definition) is 2. The summed E-state index contributed by atoms with van der Waals surface area (Å²) in [6.45, 7) is 0.380. The Morgan fingerprint density at radius 2 is 2.21 bits per heavy atom. The zero-order valence-electron chi connectivity index (χ0n) is 9.95. The number of amidine groups is 1. The molecule has 0 saturated carbocycles. The van der Waals surface area contributed by atoms with Crippen LogP contribution in [0.15, 0.2) is 52.2 Å². The van der Waals surface area contributed by atoms with E-state index in [-0.39, 0.29) is 5.84 Å². The SMILES string of the molecule is NC(=NO)c1cc(COc2cccc(Br)c2)ccn1. The summed E-state index contributed by atoms with van der Waals surface area (Å²) < 4.78 is 6.60. The van der Waals surface area contributed by atoms with E-state index in [1.165, 1.54) is 0 Å². The Hall–Kier alpha value is -2.08. The lowest BCUT2D eigenvalue weighted by Crippen LogP contribution is -2.15. The molecule has 0 unspecified atom stereocenters. The minimum absolute atomic E-state index is 0.0238. The number of benzene rings is 1. The van der Waals surface area contributed by atoms with E-state index in [1.54, 1.807) is 12.3 Å². The number of aromatic nitrogens is 1. The average molecular weight is 322 g/mol. The van der Waals surface area contributed by atoms with E-state index in [0.717, 1.165) is 15.8 Å². The molecule has 19 heavy (non-hydrogen) atoms. The van der Waals surface area contributed by atoms with Crippen molar-refractivity contribution >= 4 is 21.8 Å². The Kier molecular flexibility index (Phi) is 4.35. The number of nitrogens with two attached hydrogens (primary N) is 1. The quantitative estimate of drug-likeness (QED) is 0.392. The standard InChI is InChI=1S/C13H12BrN3O2/c14-10-2-1-3-11(7-10)19-8-9-4-5-16-12(6-9)13(15)17-18/h1-7,18H,8H2,(H2,15,17).